The van der Waals surface area contributed by atoms with E-state index >= 15 is 0 Å². The van der Waals surface area contributed by atoms with Crippen LogP contribution in [0.25, 0.3) is 22.2 Å². The fourth-order valence-corrected chi connectivity index (χ4v) is 4.03. The number of amides is 2. The number of para-hydroxylation sites is 1. The van der Waals surface area contributed by atoms with Gasteiger partial charge in [0.2, 0.25) is 5.78 Å². The summed E-state index contributed by atoms with van der Waals surface area (Å²) in [6, 6.07) is 23.2. The van der Waals surface area contributed by atoms with Gasteiger partial charge in [-0.25, -0.2) is 0 Å². The van der Waals surface area contributed by atoms with E-state index in [9.17, 15) is 19.2 Å². The first-order chi connectivity index (χ1) is 16.0. The number of hydrogen-bond acceptors (Lipinski definition) is 5. The van der Waals surface area contributed by atoms with Crippen molar-refractivity contribution in [3.63, 3.8) is 0 Å². The van der Waals surface area contributed by atoms with E-state index < -0.39 is 30.9 Å². The Morgan fingerprint density at radius 3 is 2.09 bits per heavy atom. The number of nitrogens with zero attached hydrogens (tertiary/aromatic N) is 1. The quantitative estimate of drug-likeness (QED) is 0.280. The number of ether oxygens (including phenoxy) is 1. The number of benzene rings is 3. The smallest absolute Gasteiger partial charge is 0.326 e. The number of carbonyl (C=O) groups is 4. The fourth-order valence-electron chi connectivity index (χ4n) is 4.03. The predicted octanol–water partition coefficient (Wildman–Crippen LogP) is 3.86. The number of esters is 1. The molecule has 2 amide bonds. The van der Waals surface area contributed by atoms with E-state index in [-0.39, 0.29) is 16.9 Å². The molecule has 3 aromatic carbocycles. The van der Waals surface area contributed by atoms with Crippen LogP contribution < -0.4 is 0 Å². The van der Waals surface area contributed by atoms with Gasteiger partial charge in [-0.3, -0.25) is 24.1 Å². The molecule has 0 fully saturated rings. The minimum absolute atomic E-state index is 0.248. The van der Waals surface area contributed by atoms with Gasteiger partial charge in [0.05, 0.1) is 22.4 Å². The van der Waals surface area contributed by atoms with E-state index in [1.165, 1.54) is 12.1 Å². The summed E-state index contributed by atoms with van der Waals surface area (Å²) in [7, 11) is 0. The molecule has 0 aliphatic carbocycles. The zero-order valence-electron chi connectivity index (χ0n) is 17.4. The standard InChI is InChI=1S/C26H18N2O5/c29-21(15-33-22(30)14-28-25(31)17-10-4-5-11-18(17)26(28)32)23-19-12-6-7-13-20(19)27-24(23)16-8-2-1-3-9-16/h1-13,27H,14-15H2. The maximum Gasteiger partial charge on any atom is 0.326 e. The number of rotatable bonds is 6. The zero-order chi connectivity index (χ0) is 22.9. The van der Waals surface area contributed by atoms with Gasteiger partial charge in [0.1, 0.15) is 6.54 Å². The van der Waals surface area contributed by atoms with Gasteiger partial charge in [-0.05, 0) is 23.8 Å². The van der Waals surface area contributed by atoms with Gasteiger partial charge in [0.15, 0.2) is 6.61 Å². The molecule has 1 aromatic heterocycles. The second-order valence-corrected chi connectivity index (χ2v) is 7.61. The van der Waals surface area contributed by atoms with Crippen molar-refractivity contribution in [3.05, 3.63) is 95.6 Å². The van der Waals surface area contributed by atoms with Crippen LogP contribution in [0.2, 0.25) is 0 Å². The molecular formula is C26H18N2O5. The molecule has 0 atom stereocenters. The highest BCUT2D eigenvalue weighted by molar-refractivity contribution is 6.22. The number of ketones is 1. The molecule has 7 nitrogen and oxygen atoms in total. The van der Waals surface area contributed by atoms with E-state index in [1.807, 2.05) is 54.6 Å². The minimum atomic E-state index is -0.834. The summed E-state index contributed by atoms with van der Waals surface area (Å²) in [6.07, 6.45) is 0. The molecule has 7 heteroatoms. The average Bonchev–Trinajstić information content (AvgIpc) is 3.35. The van der Waals surface area contributed by atoms with Gasteiger partial charge in [0.25, 0.3) is 11.8 Å². The SMILES string of the molecule is O=C(CN1C(=O)c2ccccc2C1=O)OCC(=O)c1c(-c2ccccc2)[nH]c2ccccc12. The van der Waals surface area contributed by atoms with Crippen LogP contribution in [0.1, 0.15) is 31.1 Å². The third-order valence-electron chi connectivity index (χ3n) is 5.58. The first kappa shape index (κ1) is 20.4. The minimum Gasteiger partial charge on any atom is -0.456 e. The molecule has 33 heavy (non-hydrogen) atoms. The van der Waals surface area contributed by atoms with Crippen molar-refractivity contribution in [3.8, 4) is 11.3 Å². The third-order valence-corrected chi connectivity index (χ3v) is 5.58. The maximum absolute atomic E-state index is 13.1. The summed E-state index contributed by atoms with van der Waals surface area (Å²) in [5.74, 6) is -2.33. The van der Waals surface area contributed by atoms with E-state index in [1.54, 1.807) is 12.1 Å². The Labute approximate surface area is 188 Å². The lowest BCUT2D eigenvalue weighted by atomic mass is 10.0. The number of aromatic nitrogens is 1. The van der Waals surface area contributed by atoms with Gasteiger partial charge in [-0.15, -0.1) is 0 Å². The fraction of sp³-hybridized carbons (Fsp3) is 0.0769. The Bertz CT molecular complexity index is 1390. The van der Waals surface area contributed by atoms with Gasteiger partial charge in [-0.1, -0.05) is 60.7 Å². The second kappa shape index (κ2) is 8.20. The van der Waals surface area contributed by atoms with E-state index in [0.717, 1.165) is 21.4 Å². The number of nitrogens with one attached hydrogen (secondary N) is 1. The summed E-state index contributed by atoms with van der Waals surface area (Å²) < 4.78 is 5.18. The van der Waals surface area contributed by atoms with Crippen molar-refractivity contribution in [2.45, 2.75) is 0 Å². The highest BCUT2D eigenvalue weighted by Gasteiger charge is 2.36. The molecule has 0 saturated carbocycles. The topological polar surface area (TPSA) is 96.5 Å². The van der Waals surface area contributed by atoms with Crippen molar-refractivity contribution in [2.75, 3.05) is 13.2 Å². The van der Waals surface area contributed by atoms with Gasteiger partial charge < -0.3 is 9.72 Å². The Hall–Kier alpha value is -4.52. The molecule has 4 aromatic rings. The molecule has 1 aliphatic rings. The van der Waals surface area contributed by atoms with E-state index in [4.69, 9.17) is 4.74 Å². The molecule has 1 aliphatic heterocycles. The molecule has 162 valence electrons. The second-order valence-electron chi connectivity index (χ2n) is 7.61. The molecular weight excluding hydrogens is 420 g/mol. The van der Waals surface area contributed by atoms with Gasteiger partial charge >= 0.3 is 5.97 Å². The first-order valence-electron chi connectivity index (χ1n) is 10.3. The number of carbonyl (C=O) groups excluding carboxylic acids is 4. The summed E-state index contributed by atoms with van der Waals surface area (Å²) in [5, 5.41) is 0.720. The lowest BCUT2D eigenvalue weighted by Gasteiger charge is -2.13. The lowest BCUT2D eigenvalue weighted by molar-refractivity contribution is -0.142. The number of aromatic amines is 1. The van der Waals surface area contributed by atoms with Crippen molar-refractivity contribution in [2.24, 2.45) is 0 Å². The molecule has 1 N–H and O–H groups in total. The highest BCUT2D eigenvalue weighted by Crippen LogP contribution is 2.30. The Kier molecular flexibility index (Phi) is 5.06. The largest absolute Gasteiger partial charge is 0.456 e. The lowest BCUT2D eigenvalue weighted by Crippen LogP contribution is -2.36. The maximum atomic E-state index is 13.1. The van der Waals surface area contributed by atoms with Crippen LogP contribution in [0.4, 0.5) is 0 Å². The summed E-state index contributed by atoms with van der Waals surface area (Å²) in [6.45, 7) is -1.07. The number of H-pyrrole nitrogens is 1. The Morgan fingerprint density at radius 2 is 1.39 bits per heavy atom. The average molecular weight is 438 g/mol. The summed E-state index contributed by atoms with van der Waals surface area (Å²) >= 11 is 0. The zero-order valence-corrected chi connectivity index (χ0v) is 17.4. The molecule has 0 bridgehead atoms. The highest BCUT2D eigenvalue weighted by atomic mass is 16.5. The van der Waals surface area contributed by atoms with Crippen LogP contribution in [-0.2, 0) is 9.53 Å². The van der Waals surface area contributed by atoms with Crippen LogP contribution in [0.5, 0.6) is 0 Å². The van der Waals surface area contributed by atoms with Crippen molar-refractivity contribution in [1.82, 2.24) is 9.88 Å². The predicted molar refractivity (Wildman–Crippen MR) is 121 cm³/mol. The van der Waals surface area contributed by atoms with E-state index in [2.05, 4.69) is 4.98 Å². The third kappa shape index (κ3) is 3.59. The van der Waals surface area contributed by atoms with Crippen LogP contribution in [0, 0.1) is 0 Å². The van der Waals surface area contributed by atoms with Crippen molar-refractivity contribution in [1.29, 1.82) is 0 Å². The number of Topliss-reactive ketones (excluding diaryl/α,β-unsaturated/α-hetero) is 1. The first-order valence-corrected chi connectivity index (χ1v) is 10.3. The normalized spacial score (nSPS) is 12.8. The number of imide groups is 1. The number of hydrogen-bond donors (Lipinski definition) is 1. The van der Waals surface area contributed by atoms with Crippen LogP contribution >= 0.6 is 0 Å². The summed E-state index contributed by atoms with van der Waals surface area (Å²) in [5.41, 5.74) is 3.17. The van der Waals surface area contributed by atoms with E-state index in [0.29, 0.717) is 11.3 Å². The summed E-state index contributed by atoms with van der Waals surface area (Å²) in [4.78, 5) is 54.5. The molecule has 5 rings (SSSR count). The molecule has 0 unspecified atom stereocenters. The van der Waals surface area contributed by atoms with Crippen LogP contribution in [-0.4, -0.2) is 46.6 Å². The van der Waals surface area contributed by atoms with Crippen molar-refractivity contribution >= 4 is 34.5 Å². The van der Waals surface area contributed by atoms with Gasteiger partial charge in [0, 0.05) is 10.9 Å². The molecule has 0 spiro atoms. The van der Waals surface area contributed by atoms with Crippen LogP contribution in [0.3, 0.4) is 0 Å². The van der Waals surface area contributed by atoms with Crippen LogP contribution in [0.15, 0.2) is 78.9 Å². The molecule has 2 heterocycles. The number of fused-ring (bicyclic) bond motifs is 2. The monoisotopic (exact) mass is 438 g/mol. The molecule has 0 saturated heterocycles. The Balaban J connectivity index is 1.34. The van der Waals surface area contributed by atoms with Crippen molar-refractivity contribution < 1.29 is 23.9 Å². The molecule has 0 radical (unpaired) electrons. The van der Waals surface area contributed by atoms with Gasteiger partial charge in [-0.2, -0.15) is 0 Å². The Morgan fingerprint density at radius 1 is 0.788 bits per heavy atom.